The standard InChI is InChI=1S/C34H45BrO8/c1-5-9-15-31(36)42-25(20-38-7-3)22-40-33-27-13-11-12-14-28(27)34(30-19-24(35)17-18-29(30)33)41-23-26(21-39-8-4)43-32(37)16-10-6-2/h11-14,17-19,25-26H,5-10,15-16,20-23H2,1-4H3. The maximum atomic E-state index is 12.4. The molecule has 0 spiro atoms. The molecule has 3 aromatic carbocycles. The summed E-state index contributed by atoms with van der Waals surface area (Å²) in [5.74, 6) is 0.804. The Balaban J connectivity index is 1.94. The number of carbonyl (C=O) groups excluding carboxylic acids is 2. The van der Waals surface area contributed by atoms with Gasteiger partial charge in [0.2, 0.25) is 0 Å². The summed E-state index contributed by atoms with van der Waals surface area (Å²) in [6.07, 6.45) is 3.00. The smallest absolute Gasteiger partial charge is 0.306 e. The second-order valence-electron chi connectivity index (χ2n) is 10.3. The van der Waals surface area contributed by atoms with Crippen LogP contribution >= 0.6 is 15.9 Å². The fourth-order valence-corrected chi connectivity index (χ4v) is 4.96. The lowest BCUT2D eigenvalue weighted by Gasteiger charge is -2.23. The molecule has 0 amide bonds. The van der Waals surface area contributed by atoms with Gasteiger partial charge in [0, 0.05) is 52.1 Å². The van der Waals surface area contributed by atoms with Crippen molar-refractivity contribution < 1.29 is 38.0 Å². The summed E-state index contributed by atoms with van der Waals surface area (Å²) < 4.78 is 36.4. The molecule has 9 heteroatoms. The van der Waals surface area contributed by atoms with Crippen molar-refractivity contribution in [3.8, 4) is 11.5 Å². The van der Waals surface area contributed by atoms with E-state index in [1.807, 2.05) is 70.2 Å². The molecule has 0 aromatic heterocycles. The Kier molecular flexibility index (Phi) is 15.1. The summed E-state index contributed by atoms with van der Waals surface area (Å²) in [5, 5.41) is 3.36. The summed E-state index contributed by atoms with van der Waals surface area (Å²) in [5.41, 5.74) is 0. The number of halogens is 1. The molecule has 0 bridgehead atoms. The molecular weight excluding hydrogens is 616 g/mol. The molecular formula is C34H45BrO8. The first kappa shape index (κ1) is 34.6. The Morgan fingerprint density at radius 2 is 1.12 bits per heavy atom. The zero-order valence-corrected chi connectivity index (χ0v) is 27.4. The summed E-state index contributed by atoms with van der Waals surface area (Å²) in [6.45, 7) is 9.65. The normalized spacial score (nSPS) is 12.7. The maximum Gasteiger partial charge on any atom is 0.306 e. The Bertz CT molecular complexity index is 1310. The van der Waals surface area contributed by atoms with Crippen molar-refractivity contribution in [1.82, 2.24) is 0 Å². The minimum atomic E-state index is -0.553. The number of benzene rings is 3. The third kappa shape index (κ3) is 10.7. The molecule has 43 heavy (non-hydrogen) atoms. The van der Waals surface area contributed by atoms with E-state index in [1.165, 1.54) is 0 Å². The monoisotopic (exact) mass is 660 g/mol. The van der Waals surface area contributed by atoms with Crippen LogP contribution in [0.4, 0.5) is 0 Å². The summed E-state index contributed by atoms with van der Waals surface area (Å²) in [6, 6.07) is 13.7. The average molecular weight is 662 g/mol. The predicted molar refractivity (Wildman–Crippen MR) is 172 cm³/mol. The van der Waals surface area contributed by atoms with Gasteiger partial charge in [-0.25, -0.2) is 0 Å². The molecule has 0 heterocycles. The van der Waals surface area contributed by atoms with Crippen molar-refractivity contribution in [1.29, 1.82) is 0 Å². The second kappa shape index (κ2) is 18.7. The number of carbonyl (C=O) groups is 2. The highest BCUT2D eigenvalue weighted by Gasteiger charge is 2.22. The van der Waals surface area contributed by atoms with E-state index in [9.17, 15) is 9.59 Å². The SMILES string of the molecule is CCCCC(=O)OC(COCC)COc1c2ccccc2c(OCC(COCC)OC(=O)CCCC)c2cc(Br)ccc12. The van der Waals surface area contributed by atoms with Gasteiger partial charge in [-0.3, -0.25) is 9.59 Å². The van der Waals surface area contributed by atoms with E-state index >= 15 is 0 Å². The van der Waals surface area contributed by atoms with Gasteiger partial charge in [-0.15, -0.1) is 0 Å². The van der Waals surface area contributed by atoms with Crippen molar-refractivity contribution in [2.75, 3.05) is 39.6 Å². The number of ether oxygens (including phenoxy) is 6. The van der Waals surface area contributed by atoms with Crippen LogP contribution < -0.4 is 9.47 Å². The molecule has 8 nitrogen and oxygen atoms in total. The van der Waals surface area contributed by atoms with Crippen LogP contribution in [0.25, 0.3) is 21.5 Å². The van der Waals surface area contributed by atoms with Gasteiger partial charge in [0.15, 0.2) is 12.2 Å². The molecule has 0 saturated heterocycles. The third-order valence-electron chi connectivity index (χ3n) is 6.80. The van der Waals surface area contributed by atoms with Crippen LogP contribution in [-0.4, -0.2) is 63.8 Å². The molecule has 236 valence electrons. The predicted octanol–water partition coefficient (Wildman–Crippen LogP) is 7.79. The van der Waals surface area contributed by atoms with E-state index in [2.05, 4.69) is 15.9 Å². The number of hydrogen-bond donors (Lipinski definition) is 0. The molecule has 0 aliphatic carbocycles. The average Bonchev–Trinajstić information content (AvgIpc) is 3.01. The molecule has 3 rings (SSSR count). The number of fused-ring (bicyclic) bond motifs is 2. The van der Waals surface area contributed by atoms with Crippen LogP contribution in [0.1, 0.15) is 66.2 Å². The van der Waals surface area contributed by atoms with Gasteiger partial charge in [0.05, 0.1) is 13.2 Å². The zero-order valence-electron chi connectivity index (χ0n) is 25.8. The van der Waals surface area contributed by atoms with E-state index in [-0.39, 0.29) is 38.4 Å². The lowest BCUT2D eigenvalue weighted by atomic mass is 10.0. The molecule has 2 atom stereocenters. The van der Waals surface area contributed by atoms with Gasteiger partial charge < -0.3 is 28.4 Å². The van der Waals surface area contributed by atoms with Gasteiger partial charge >= 0.3 is 11.9 Å². The minimum Gasteiger partial charge on any atom is -0.488 e. The molecule has 0 aliphatic heterocycles. The van der Waals surface area contributed by atoms with Gasteiger partial charge in [-0.05, 0) is 44.9 Å². The van der Waals surface area contributed by atoms with Crippen molar-refractivity contribution >= 4 is 49.4 Å². The van der Waals surface area contributed by atoms with Crippen LogP contribution in [0.3, 0.4) is 0 Å². The fourth-order valence-electron chi connectivity index (χ4n) is 4.60. The second-order valence-corrected chi connectivity index (χ2v) is 11.2. The highest BCUT2D eigenvalue weighted by atomic mass is 79.9. The quantitative estimate of drug-likeness (QED) is 0.0896. The molecule has 0 fully saturated rings. The number of unbranched alkanes of at least 4 members (excludes halogenated alkanes) is 2. The van der Waals surface area contributed by atoms with E-state index in [0.29, 0.717) is 37.6 Å². The fraction of sp³-hybridized carbons (Fsp3) is 0.529. The summed E-state index contributed by atoms with van der Waals surface area (Å²) in [7, 11) is 0. The molecule has 3 aromatic rings. The molecule has 2 unspecified atom stereocenters. The summed E-state index contributed by atoms with van der Waals surface area (Å²) in [4.78, 5) is 24.8. The largest absolute Gasteiger partial charge is 0.488 e. The van der Waals surface area contributed by atoms with Crippen LogP contribution in [-0.2, 0) is 28.5 Å². The van der Waals surface area contributed by atoms with Crippen molar-refractivity contribution in [2.45, 2.75) is 78.4 Å². The first-order valence-corrected chi connectivity index (χ1v) is 16.1. The van der Waals surface area contributed by atoms with Crippen molar-refractivity contribution in [3.63, 3.8) is 0 Å². The third-order valence-corrected chi connectivity index (χ3v) is 7.29. The molecule has 0 N–H and O–H groups in total. The molecule has 0 radical (unpaired) electrons. The van der Waals surface area contributed by atoms with Gasteiger partial charge in [-0.1, -0.05) is 66.9 Å². The van der Waals surface area contributed by atoms with Crippen LogP contribution in [0.15, 0.2) is 46.9 Å². The Hall–Kier alpha value is -2.88. The van der Waals surface area contributed by atoms with Crippen LogP contribution in [0.5, 0.6) is 11.5 Å². The number of rotatable bonds is 20. The van der Waals surface area contributed by atoms with Gasteiger partial charge in [0.1, 0.15) is 24.7 Å². The highest BCUT2D eigenvalue weighted by Crippen LogP contribution is 2.43. The summed E-state index contributed by atoms with van der Waals surface area (Å²) >= 11 is 3.60. The Morgan fingerprint density at radius 3 is 1.58 bits per heavy atom. The van der Waals surface area contributed by atoms with E-state index in [0.717, 1.165) is 51.7 Å². The lowest BCUT2D eigenvalue weighted by Crippen LogP contribution is -2.30. The first-order chi connectivity index (χ1) is 20.9. The minimum absolute atomic E-state index is 0.133. The van der Waals surface area contributed by atoms with Gasteiger partial charge in [0.25, 0.3) is 0 Å². The van der Waals surface area contributed by atoms with E-state index in [1.54, 1.807) is 0 Å². The van der Waals surface area contributed by atoms with Gasteiger partial charge in [-0.2, -0.15) is 0 Å². The lowest BCUT2D eigenvalue weighted by molar-refractivity contribution is -0.155. The Morgan fingerprint density at radius 1 is 0.651 bits per heavy atom. The highest BCUT2D eigenvalue weighted by molar-refractivity contribution is 9.10. The zero-order chi connectivity index (χ0) is 31.0. The van der Waals surface area contributed by atoms with Crippen LogP contribution in [0, 0.1) is 0 Å². The topological polar surface area (TPSA) is 89.5 Å². The molecule has 0 saturated carbocycles. The number of hydrogen-bond acceptors (Lipinski definition) is 8. The van der Waals surface area contributed by atoms with Crippen LogP contribution in [0.2, 0.25) is 0 Å². The first-order valence-electron chi connectivity index (χ1n) is 15.4. The molecule has 0 aliphatic rings. The van der Waals surface area contributed by atoms with E-state index < -0.39 is 12.2 Å². The Labute approximate surface area is 263 Å². The van der Waals surface area contributed by atoms with Crippen molar-refractivity contribution in [3.05, 3.63) is 46.9 Å². The number of esters is 2. The van der Waals surface area contributed by atoms with Crippen molar-refractivity contribution in [2.24, 2.45) is 0 Å². The van der Waals surface area contributed by atoms with E-state index in [4.69, 9.17) is 28.4 Å². The maximum absolute atomic E-state index is 12.4.